The van der Waals surface area contributed by atoms with Gasteiger partial charge in [0, 0.05) is 22.4 Å². The van der Waals surface area contributed by atoms with Gasteiger partial charge in [-0.25, -0.2) is 18.4 Å². The lowest BCUT2D eigenvalue weighted by Crippen LogP contribution is -2.43. The molecule has 0 radical (unpaired) electrons. The van der Waals surface area contributed by atoms with E-state index < -0.39 is 23.0 Å². The molecule has 2 heterocycles. The standard InChI is InChI=1S/C27H28F2N4O3S/c1-19(27(34,16-33-18-31-17-32-33)23-8-4-5-9-24(23)28)37-22-14-35-26(36-15-22)10-6-3-7-20-11-12-21(30-2)13-25(20)29/h3-13,17-19,22,26,34H,2,14-16H2,1H3/b7-3+,10-6+/t19?,22?,26?,27-/m1/s1. The van der Waals surface area contributed by atoms with Crippen LogP contribution in [-0.4, -0.2) is 56.6 Å². The number of hydrogen-bond donors (Lipinski definition) is 1. The van der Waals surface area contributed by atoms with Crippen LogP contribution in [-0.2, 0) is 21.6 Å². The van der Waals surface area contributed by atoms with E-state index >= 15 is 0 Å². The maximum atomic E-state index is 14.7. The van der Waals surface area contributed by atoms with Crippen LogP contribution in [0.1, 0.15) is 18.1 Å². The van der Waals surface area contributed by atoms with Crippen molar-refractivity contribution in [1.82, 2.24) is 14.8 Å². The minimum atomic E-state index is -1.54. The molecular formula is C27H28F2N4O3S. The summed E-state index contributed by atoms with van der Waals surface area (Å²) >= 11 is 1.47. The van der Waals surface area contributed by atoms with Gasteiger partial charge in [-0.05, 0) is 31.0 Å². The van der Waals surface area contributed by atoms with Crippen molar-refractivity contribution in [3.05, 3.63) is 96.1 Å². The highest BCUT2D eigenvalue weighted by atomic mass is 32.2. The SMILES string of the molecule is C=Nc1ccc(/C=C/C=C/C2OCC(SC(C)[C@](O)(Cn3cncn3)c3ccccc3F)CO2)c(F)c1. The van der Waals surface area contributed by atoms with Crippen LogP contribution in [0.5, 0.6) is 0 Å². The summed E-state index contributed by atoms with van der Waals surface area (Å²) < 4.78 is 41.8. The summed E-state index contributed by atoms with van der Waals surface area (Å²) in [6.07, 6.45) is 9.12. The number of hydrogen-bond acceptors (Lipinski definition) is 7. The van der Waals surface area contributed by atoms with Gasteiger partial charge in [-0.15, -0.1) is 11.8 Å². The molecule has 3 aromatic rings. The average Bonchev–Trinajstić information content (AvgIpc) is 3.41. The van der Waals surface area contributed by atoms with Crippen LogP contribution in [0.4, 0.5) is 14.5 Å². The number of aromatic nitrogens is 3. The Hall–Kier alpha value is -3.18. The van der Waals surface area contributed by atoms with Crippen molar-refractivity contribution in [3.63, 3.8) is 0 Å². The third-order valence-corrected chi connectivity index (χ3v) is 7.45. The first-order valence-electron chi connectivity index (χ1n) is 11.7. The van der Waals surface area contributed by atoms with Crippen molar-refractivity contribution in [2.45, 2.75) is 35.9 Å². The summed E-state index contributed by atoms with van der Waals surface area (Å²) in [6.45, 7) is 6.05. The Labute approximate surface area is 218 Å². The number of halogens is 2. The monoisotopic (exact) mass is 526 g/mol. The number of ether oxygens (including phenoxy) is 2. The smallest absolute Gasteiger partial charge is 0.177 e. The van der Waals surface area contributed by atoms with E-state index in [1.807, 2.05) is 6.92 Å². The van der Waals surface area contributed by atoms with Gasteiger partial charge in [-0.1, -0.05) is 43.4 Å². The number of allylic oxidation sites excluding steroid dienone is 2. The molecule has 194 valence electrons. The van der Waals surface area contributed by atoms with Crippen molar-refractivity contribution in [2.24, 2.45) is 4.99 Å². The third-order valence-electron chi connectivity index (χ3n) is 5.99. The van der Waals surface area contributed by atoms with Gasteiger partial charge in [-0.3, -0.25) is 4.99 Å². The summed E-state index contributed by atoms with van der Waals surface area (Å²) in [7, 11) is 0. The molecule has 1 saturated heterocycles. The Kier molecular flexibility index (Phi) is 8.99. The number of aliphatic hydroxyl groups is 1. The van der Waals surface area contributed by atoms with Crippen LogP contribution >= 0.6 is 11.8 Å². The predicted octanol–water partition coefficient (Wildman–Crippen LogP) is 4.91. The lowest BCUT2D eigenvalue weighted by Gasteiger charge is -2.37. The first kappa shape index (κ1) is 26.9. The highest BCUT2D eigenvalue weighted by molar-refractivity contribution is 8.00. The van der Waals surface area contributed by atoms with Crippen LogP contribution < -0.4 is 0 Å². The first-order chi connectivity index (χ1) is 17.9. The second-order valence-electron chi connectivity index (χ2n) is 8.54. The quantitative estimate of drug-likeness (QED) is 0.299. The molecule has 4 rings (SSSR count). The zero-order valence-corrected chi connectivity index (χ0v) is 21.1. The molecule has 0 saturated carbocycles. The highest BCUT2D eigenvalue weighted by Gasteiger charge is 2.41. The molecule has 2 atom stereocenters. The molecule has 0 aliphatic carbocycles. The molecule has 10 heteroatoms. The van der Waals surface area contributed by atoms with Crippen molar-refractivity contribution in [2.75, 3.05) is 13.2 Å². The minimum Gasteiger partial charge on any atom is -0.382 e. The molecule has 1 aliphatic rings. The van der Waals surface area contributed by atoms with Crippen molar-refractivity contribution in [3.8, 4) is 0 Å². The molecule has 1 aliphatic heterocycles. The van der Waals surface area contributed by atoms with Gasteiger partial charge in [-0.2, -0.15) is 5.10 Å². The largest absolute Gasteiger partial charge is 0.382 e. The van der Waals surface area contributed by atoms with Gasteiger partial charge in [0.2, 0.25) is 0 Å². The average molecular weight is 527 g/mol. The summed E-state index contributed by atoms with van der Waals surface area (Å²) in [4.78, 5) is 7.63. The van der Waals surface area contributed by atoms with Crippen molar-refractivity contribution < 1.29 is 23.4 Å². The van der Waals surface area contributed by atoms with E-state index in [0.717, 1.165) is 0 Å². The fourth-order valence-corrected chi connectivity index (χ4v) is 5.28. The number of rotatable bonds is 10. The molecule has 1 unspecified atom stereocenters. The van der Waals surface area contributed by atoms with Gasteiger partial charge in [0.15, 0.2) is 6.29 Å². The third kappa shape index (κ3) is 6.78. The topological polar surface area (TPSA) is 81.8 Å². The van der Waals surface area contributed by atoms with E-state index in [9.17, 15) is 13.9 Å². The van der Waals surface area contributed by atoms with E-state index in [1.165, 1.54) is 41.2 Å². The van der Waals surface area contributed by atoms with Crippen LogP contribution in [0.2, 0.25) is 0 Å². The summed E-state index contributed by atoms with van der Waals surface area (Å²) in [5, 5.41) is 15.3. The van der Waals surface area contributed by atoms with Crippen LogP contribution in [0.3, 0.4) is 0 Å². The lowest BCUT2D eigenvalue weighted by molar-refractivity contribution is -0.146. The second-order valence-corrected chi connectivity index (χ2v) is 10.2. The van der Waals surface area contributed by atoms with Crippen molar-refractivity contribution >= 4 is 30.2 Å². The van der Waals surface area contributed by atoms with Crippen molar-refractivity contribution in [1.29, 1.82) is 0 Å². The van der Waals surface area contributed by atoms with E-state index in [-0.39, 0.29) is 23.2 Å². The molecule has 1 N–H and O–H groups in total. The Bertz CT molecular complexity index is 1250. The zero-order valence-electron chi connectivity index (χ0n) is 20.3. The molecule has 0 bridgehead atoms. The Morgan fingerprint density at radius 1 is 1.22 bits per heavy atom. The van der Waals surface area contributed by atoms with Gasteiger partial charge in [0.05, 0.1) is 30.7 Å². The maximum absolute atomic E-state index is 14.7. The summed E-state index contributed by atoms with van der Waals surface area (Å²) in [6, 6.07) is 10.8. The highest BCUT2D eigenvalue weighted by Crippen LogP contribution is 2.38. The number of aliphatic imine (C=N–C) groups is 1. The Morgan fingerprint density at radius 2 is 2.00 bits per heavy atom. The van der Waals surface area contributed by atoms with Crippen LogP contribution in [0, 0.1) is 11.6 Å². The number of benzene rings is 2. The minimum absolute atomic E-state index is 0.0433. The maximum Gasteiger partial charge on any atom is 0.177 e. The molecule has 2 aromatic carbocycles. The fourth-order valence-electron chi connectivity index (χ4n) is 3.96. The van der Waals surface area contributed by atoms with Crippen LogP contribution in [0.25, 0.3) is 6.08 Å². The van der Waals surface area contributed by atoms with E-state index in [1.54, 1.807) is 54.6 Å². The molecule has 1 fully saturated rings. The molecular weight excluding hydrogens is 498 g/mol. The molecule has 37 heavy (non-hydrogen) atoms. The molecule has 7 nitrogen and oxygen atoms in total. The van der Waals surface area contributed by atoms with Gasteiger partial charge in [0.1, 0.15) is 29.9 Å². The summed E-state index contributed by atoms with van der Waals surface area (Å²) in [5.41, 5.74) is -0.439. The van der Waals surface area contributed by atoms with Gasteiger partial charge >= 0.3 is 0 Å². The van der Waals surface area contributed by atoms with E-state index in [2.05, 4.69) is 21.8 Å². The first-order valence-corrected chi connectivity index (χ1v) is 12.6. The van der Waals surface area contributed by atoms with E-state index in [0.29, 0.717) is 24.5 Å². The lowest BCUT2D eigenvalue weighted by atomic mass is 9.90. The summed E-state index contributed by atoms with van der Waals surface area (Å²) in [5.74, 6) is -0.868. The predicted molar refractivity (Wildman–Crippen MR) is 141 cm³/mol. The van der Waals surface area contributed by atoms with Gasteiger partial charge < -0.3 is 14.6 Å². The van der Waals surface area contributed by atoms with Crippen LogP contribution in [0.15, 0.2) is 78.3 Å². The second kappa shape index (κ2) is 12.4. The normalized spacial score (nSPS) is 20.8. The van der Waals surface area contributed by atoms with E-state index in [4.69, 9.17) is 9.47 Å². The number of thioether (sulfide) groups is 1. The molecule has 1 aromatic heterocycles. The molecule has 0 spiro atoms. The van der Waals surface area contributed by atoms with Gasteiger partial charge in [0.25, 0.3) is 0 Å². The fraction of sp³-hybridized carbons (Fsp3) is 0.296. The Balaban J connectivity index is 1.34. The zero-order chi connectivity index (χ0) is 26.3. The number of nitrogens with zero attached hydrogens (tertiary/aromatic N) is 4. The Morgan fingerprint density at radius 3 is 2.68 bits per heavy atom. The molecule has 0 amide bonds.